The van der Waals surface area contributed by atoms with Gasteiger partial charge in [0.2, 0.25) is 0 Å². The minimum absolute atomic E-state index is 0.207. The zero-order valence-corrected chi connectivity index (χ0v) is 13.5. The number of benzene rings is 1. The fraction of sp³-hybridized carbons (Fsp3) is 0.125. The highest BCUT2D eigenvalue weighted by atomic mass is 32.1. The van der Waals surface area contributed by atoms with E-state index in [0.29, 0.717) is 11.3 Å². The lowest BCUT2D eigenvalue weighted by Gasteiger charge is -2.16. The van der Waals surface area contributed by atoms with Crippen LogP contribution >= 0.6 is 22.7 Å². The van der Waals surface area contributed by atoms with E-state index in [1.165, 1.54) is 22.3 Å². The second kappa shape index (κ2) is 6.37. The lowest BCUT2D eigenvalue weighted by molar-refractivity contribution is 0.0779. The van der Waals surface area contributed by atoms with Crippen LogP contribution in [0.15, 0.2) is 46.5 Å². The standard InChI is InChI=1S/C16H13FN2OS2/c1-19(8-11-4-2-3-5-13(11)17)16(20)14-10-22-15(18-14)12-6-7-21-9-12/h2-7,9-10H,8H2,1H3. The predicted octanol–water partition coefficient (Wildman–Crippen LogP) is 4.28. The average Bonchev–Trinajstić information content (AvgIpc) is 3.19. The van der Waals surface area contributed by atoms with E-state index in [1.807, 2.05) is 16.8 Å². The molecule has 0 aliphatic rings. The maximum Gasteiger partial charge on any atom is 0.273 e. The van der Waals surface area contributed by atoms with Crippen molar-refractivity contribution in [3.8, 4) is 10.6 Å². The fourth-order valence-electron chi connectivity index (χ4n) is 2.04. The van der Waals surface area contributed by atoms with Crippen LogP contribution in [0.1, 0.15) is 16.1 Å². The molecule has 0 aliphatic heterocycles. The third-order valence-electron chi connectivity index (χ3n) is 3.20. The van der Waals surface area contributed by atoms with Gasteiger partial charge in [0.1, 0.15) is 16.5 Å². The largest absolute Gasteiger partial charge is 0.336 e. The predicted molar refractivity (Wildman–Crippen MR) is 87.6 cm³/mol. The second-order valence-corrected chi connectivity index (χ2v) is 6.44. The van der Waals surface area contributed by atoms with Crippen molar-refractivity contribution in [2.75, 3.05) is 7.05 Å². The number of aromatic nitrogens is 1. The molecule has 3 aromatic rings. The highest BCUT2D eigenvalue weighted by Gasteiger charge is 2.17. The molecule has 0 N–H and O–H groups in total. The van der Waals surface area contributed by atoms with Crippen molar-refractivity contribution in [3.63, 3.8) is 0 Å². The molecule has 0 atom stereocenters. The van der Waals surface area contributed by atoms with Crippen LogP contribution in [-0.2, 0) is 6.54 Å². The maximum atomic E-state index is 13.7. The summed E-state index contributed by atoms with van der Waals surface area (Å²) in [5.41, 5.74) is 1.91. The monoisotopic (exact) mass is 332 g/mol. The molecule has 0 fully saturated rings. The third kappa shape index (κ3) is 3.08. The Morgan fingerprint density at radius 1 is 1.27 bits per heavy atom. The van der Waals surface area contributed by atoms with Gasteiger partial charge in [-0.25, -0.2) is 9.37 Å². The van der Waals surface area contributed by atoms with E-state index in [4.69, 9.17) is 0 Å². The number of hydrogen-bond donors (Lipinski definition) is 0. The van der Waals surface area contributed by atoms with Crippen LogP contribution < -0.4 is 0 Å². The SMILES string of the molecule is CN(Cc1ccccc1F)C(=O)c1csc(-c2ccsc2)n1. The Hall–Kier alpha value is -2.05. The van der Waals surface area contributed by atoms with Crippen LogP contribution in [0.4, 0.5) is 4.39 Å². The minimum atomic E-state index is -0.306. The first-order valence-electron chi connectivity index (χ1n) is 6.62. The van der Waals surface area contributed by atoms with E-state index in [9.17, 15) is 9.18 Å². The molecule has 0 saturated carbocycles. The molecule has 22 heavy (non-hydrogen) atoms. The lowest BCUT2D eigenvalue weighted by atomic mass is 10.2. The normalized spacial score (nSPS) is 10.6. The molecule has 0 unspecified atom stereocenters. The number of carbonyl (C=O) groups excluding carboxylic acids is 1. The zero-order chi connectivity index (χ0) is 15.5. The fourth-order valence-corrected chi connectivity index (χ4v) is 3.55. The van der Waals surface area contributed by atoms with Crippen molar-refractivity contribution in [2.24, 2.45) is 0 Å². The van der Waals surface area contributed by atoms with Crippen molar-refractivity contribution in [3.05, 3.63) is 63.5 Å². The molecule has 6 heteroatoms. The van der Waals surface area contributed by atoms with Gasteiger partial charge in [0.05, 0.1) is 0 Å². The van der Waals surface area contributed by atoms with Crippen LogP contribution in [-0.4, -0.2) is 22.8 Å². The maximum absolute atomic E-state index is 13.7. The molecule has 0 radical (unpaired) electrons. The molecule has 0 saturated heterocycles. The summed E-state index contributed by atoms with van der Waals surface area (Å²) in [6.45, 7) is 0.219. The van der Waals surface area contributed by atoms with Gasteiger partial charge in [0, 0.05) is 35.5 Å². The summed E-state index contributed by atoms with van der Waals surface area (Å²) in [4.78, 5) is 18.2. The number of amides is 1. The summed E-state index contributed by atoms with van der Waals surface area (Å²) >= 11 is 3.03. The lowest BCUT2D eigenvalue weighted by Crippen LogP contribution is -2.26. The van der Waals surface area contributed by atoms with E-state index in [0.717, 1.165) is 10.6 Å². The van der Waals surface area contributed by atoms with Gasteiger partial charge in [-0.1, -0.05) is 18.2 Å². The molecule has 0 spiro atoms. The molecule has 1 amide bonds. The Morgan fingerprint density at radius 3 is 2.82 bits per heavy atom. The van der Waals surface area contributed by atoms with Crippen LogP contribution in [0.25, 0.3) is 10.6 Å². The van der Waals surface area contributed by atoms with E-state index < -0.39 is 0 Å². The van der Waals surface area contributed by atoms with Gasteiger partial charge >= 0.3 is 0 Å². The molecule has 3 nitrogen and oxygen atoms in total. The van der Waals surface area contributed by atoms with E-state index >= 15 is 0 Å². The molecular formula is C16H13FN2OS2. The van der Waals surface area contributed by atoms with Crippen molar-refractivity contribution < 1.29 is 9.18 Å². The highest BCUT2D eigenvalue weighted by Crippen LogP contribution is 2.26. The number of thiazole rings is 1. The van der Waals surface area contributed by atoms with Gasteiger partial charge in [0.25, 0.3) is 5.91 Å². The van der Waals surface area contributed by atoms with Gasteiger partial charge in [0.15, 0.2) is 0 Å². The van der Waals surface area contributed by atoms with Crippen LogP contribution in [0.3, 0.4) is 0 Å². The molecule has 112 valence electrons. The summed E-state index contributed by atoms with van der Waals surface area (Å²) in [5.74, 6) is -0.514. The van der Waals surface area contributed by atoms with Crippen molar-refractivity contribution in [1.29, 1.82) is 0 Å². The van der Waals surface area contributed by atoms with E-state index in [1.54, 1.807) is 42.0 Å². The first-order chi connectivity index (χ1) is 10.6. The number of nitrogens with zero attached hydrogens (tertiary/aromatic N) is 2. The first-order valence-corrected chi connectivity index (χ1v) is 8.44. The van der Waals surface area contributed by atoms with Gasteiger partial charge in [-0.15, -0.1) is 11.3 Å². The Bertz CT molecular complexity index is 783. The van der Waals surface area contributed by atoms with Gasteiger partial charge in [-0.2, -0.15) is 11.3 Å². The van der Waals surface area contributed by atoms with Gasteiger partial charge < -0.3 is 4.90 Å². The summed E-state index contributed by atoms with van der Waals surface area (Å²) in [6, 6.07) is 8.44. The molecule has 2 heterocycles. The average molecular weight is 332 g/mol. The zero-order valence-electron chi connectivity index (χ0n) is 11.8. The molecule has 0 bridgehead atoms. The summed E-state index contributed by atoms with van der Waals surface area (Å²) in [6.07, 6.45) is 0. The summed E-state index contributed by atoms with van der Waals surface area (Å²) < 4.78 is 13.7. The number of thiophene rings is 1. The topological polar surface area (TPSA) is 33.2 Å². The quantitative estimate of drug-likeness (QED) is 0.714. The Morgan fingerprint density at radius 2 is 2.09 bits per heavy atom. The second-order valence-electron chi connectivity index (χ2n) is 4.80. The van der Waals surface area contributed by atoms with E-state index in [-0.39, 0.29) is 18.3 Å². The van der Waals surface area contributed by atoms with Gasteiger partial charge in [-0.05, 0) is 17.5 Å². The first kappa shape index (κ1) is 14.9. The number of hydrogen-bond acceptors (Lipinski definition) is 4. The third-order valence-corrected chi connectivity index (χ3v) is 4.78. The van der Waals surface area contributed by atoms with E-state index in [2.05, 4.69) is 4.98 Å². The van der Waals surface area contributed by atoms with Gasteiger partial charge in [-0.3, -0.25) is 4.79 Å². The van der Waals surface area contributed by atoms with Crippen molar-refractivity contribution in [1.82, 2.24) is 9.88 Å². The summed E-state index contributed by atoms with van der Waals surface area (Å²) in [7, 11) is 1.65. The highest BCUT2D eigenvalue weighted by molar-refractivity contribution is 7.14. The summed E-state index contributed by atoms with van der Waals surface area (Å²) in [5, 5.41) is 6.54. The molecule has 2 aromatic heterocycles. The van der Waals surface area contributed by atoms with Crippen molar-refractivity contribution in [2.45, 2.75) is 6.54 Å². The smallest absolute Gasteiger partial charge is 0.273 e. The Labute approximate surface area is 135 Å². The number of carbonyl (C=O) groups is 1. The van der Waals surface area contributed by atoms with Crippen LogP contribution in [0.2, 0.25) is 0 Å². The number of halogens is 1. The van der Waals surface area contributed by atoms with Crippen LogP contribution in [0, 0.1) is 5.82 Å². The number of rotatable bonds is 4. The van der Waals surface area contributed by atoms with Crippen molar-refractivity contribution >= 4 is 28.6 Å². The Kier molecular flexibility index (Phi) is 4.31. The minimum Gasteiger partial charge on any atom is -0.336 e. The molecule has 0 aliphatic carbocycles. The Balaban J connectivity index is 1.75. The van der Waals surface area contributed by atoms with Crippen LogP contribution in [0.5, 0.6) is 0 Å². The molecular weight excluding hydrogens is 319 g/mol. The molecule has 1 aromatic carbocycles. The molecule has 3 rings (SSSR count).